The molecule has 0 aromatic carbocycles. The number of rotatable bonds is 4. The summed E-state index contributed by atoms with van der Waals surface area (Å²) in [7, 11) is 0. The molecule has 0 aromatic heterocycles. The molecular weight excluding hydrogens is 214 g/mol. The quantitative estimate of drug-likeness (QED) is 0.817. The van der Waals surface area contributed by atoms with Crippen molar-refractivity contribution in [3.05, 3.63) is 0 Å². The zero-order chi connectivity index (χ0) is 12.1. The summed E-state index contributed by atoms with van der Waals surface area (Å²) in [6.45, 7) is 4.62. The van der Waals surface area contributed by atoms with E-state index >= 15 is 0 Å². The van der Waals surface area contributed by atoms with E-state index in [1.807, 2.05) is 0 Å². The summed E-state index contributed by atoms with van der Waals surface area (Å²) in [6.07, 6.45) is 6.70. The lowest BCUT2D eigenvalue weighted by Crippen LogP contribution is -2.43. The fourth-order valence-electron chi connectivity index (χ4n) is 3.11. The number of hydrogen-bond donors (Lipinski definition) is 1. The van der Waals surface area contributed by atoms with E-state index in [0.29, 0.717) is 24.7 Å². The van der Waals surface area contributed by atoms with Gasteiger partial charge in [0.25, 0.3) is 0 Å². The highest BCUT2D eigenvalue weighted by Gasteiger charge is 2.28. The third-order valence-corrected chi connectivity index (χ3v) is 4.26. The van der Waals surface area contributed by atoms with Crippen molar-refractivity contribution in [2.24, 2.45) is 11.8 Å². The second-order valence-electron chi connectivity index (χ2n) is 5.53. The molecule has 3 heteroatoms. The van der Waals surface area contributed by atoms with Gasteiger partial charge in [-0.05, 0) is 18.8 Å². The molecule has 3 unspecified atom stereocenters. The molecule has 0 bridgehead atoms. The second kappa shape index (κ2) is 6.50. The molecule has 0 amide bonds. The number of carbonyl (C=O) groups excluding carboxylic acids is 1. The molecule has 2 fully saturated rings. The highest BCUT2D eigenvalue weighted by Crippen LogP contribution is 2.32. The van der Waals surface area contributed by atoms with E-state index in [1.54, 1.807) is 0 Å². The van der Waals surface area contributed by atoms with Crippen molar-refractivity contribution >= 4 is 5.78 Å². The number of Topliss-reactive ketones (excluding diaryl/α,β-unsaturated/α-hetero) is 1. The smallest absolute Gasteiger partial charge is 0.137 e. The highest BCUT2D eigenvalue weighted by molar-refractivity contribution is 5.81. The van der Waals surface area contributed by atoms with Crippen molar-refractivity contribution in [1.29, 1.82) is 0 Å². The van der Waals surface area contributed by atoms with E-state index < -0.39 is 0 Å². The van der Waals surface area contributed by atoms with E-state index in [-0.39, 0.29) is 6.04 Å². The monoisotopic (exact) mass is 239 g/mol. The molecule has 3 nitrogen and oxygen atoms in total. The lowest BCUT2D eigenvalue weighted by molar-refractivity contribution is -0.125. The predicted molar refractivity (Wildman–Crippen MR) is 68.0 cm³/mol. The van der Waals surface area contributed by atoms with Crippen LogP contribution < -0.4 is 5.32 Å². The highest BCUT2D eigenvalue weighted by atomic mass is 16.5. The normalized spacial score (nSPS) is 34.5. The van der Waals surface area contributed by atoms with Crippen LogP contribution in [0.25, 0.3) is 0 Å². The van der Waals surface area contributed by atoms with Gasteiger partial charge in [0.05, 0.1) is 13.2 Å². The fourth-order valence-corrected chi connectivity index (χ4v) is 3.11. The van der Waals surface area contributed by atoms with Gasteiger partial charge in [0.15, 0.2) is 0 Å². The average molecular weight is 239 g/mol. The summed E-state index contributed by atoms with van der Waals surface area (Å²) in [5.74, 6) is 1.58. The Morgan fingerprint density at radius 2 is 2.29 bits per heavy atom. The molecule has 1 N–H and O–H groups in total. The maximum absolute atomic E-state index is 12.2. The maximum Gasteiger partial charge on any atom is 0.137 e. The number of hydrogen-bond acceptors (Lipinski definition) is 3. The predicted octanol–water partition coefficient (Wildman–Crippen LogP) is 2.15. The summed E-state index contributed by atoms with van der Waals surface area (Å²) < 4.78 is 5.40. The summed E-state index contributed by atoms with van der Waals surface area (Å²) in [5, 5.41) is 3.37. The lowest BCUT2D eigenvalue weighted by Gasteiger charge is -2.29. The Bertz CT molecular complexity index is 249. The van der Waals surface area contributed by atoms with Crippen LogP contribution in [0.3, 0.4) is 0 Å². The summed E-state index contributed by atoms with van der Waals surface area (Å²) in [6, 6.07) is 0.262. The Hall–Kier alpha value is -0.410. The van der Waals surface area contributed by atoms with Crippen LogP contribution in [0, 0.1) is 11.8 Å². The summed E-state index contributed by atoms with van der Waals surface area (Å²) in [4.78, 5) is 12.2. The van der Waals surface area contributed by atoms with Crippen LogP contribution in [-0.2, 0) is 9.53 Å². The van der Waals surface area contributed by atoms with E-state index in [2.05, 4.69) is 12.2 Å². The molecule has 2 aliphatic rings. The summed E-state index contributed by atoms with van der Waals surface area (Å²) in [5.41, 5.74) is 0. The Morgan fingerprint density at radius 1 is 1.41 bits per heavy atom. The second-order valence-corrected chi connectivity index (χ2v) is 5.53. The van der Waals surface area contributed by atoms with E-state index in [9.17, 15) is 4.79 Å². The van der Waals surface area contributed by atoms with Gasteiger partial charge < -0.3 is 10.1 Å². The van der Waals surface area contributed by atoms with Crippen molar-refractivity contribution in [2.75, 3.05) is 19.8 Å². The minimum atomic E-state index is 0.262. The number of ketones is 1. The van der Waals surface area contributed by atoms with Gasteiger partial charge in [0, 0.05) is 24.9 Å². The maximum atomic E-state index is 12.2. The van der Waals surface area contributed by atoms with Crippen LogP contribution in [0.4, 0.5) is 0 Å². The number of carbonyl (C=O) groups is 1. The first-order valence-electron chi connectivity index (χ1n) is 7.13. The molecule has 0 aromatic rings. The van der Waals surface area contributed by atoms with Gasteiger partial charge in [0.1, 0.15) is 5.78 Å². The first-order valence-corrected chi connectivity index (χ1v) is 7.13. The van der Waals surface area contributed by atoms with Crippen molar-refractivity contribution in [3.8, 4) is 0 Å². The zero-order valence-electron chi connectivity index (χ0n) is 10.9. The Morgan fingerprint density at radius 3 is 3.00 bits per heavy atom. The third kappa shape index (κ3) is 3.78. The molecular formula is C14H25NO2. The first kappa shape index (κ1) is 13.0. The van der Waals surface area contributed by atoms with Crippen molar-refractivity contribution in [1.82, 2.24) is 5.32 Å². The van der Waals surface area contributed by atoms with E-state index in [1.165, 1.54) is 19.3 Å². The SMILES string of the molecule is CCC1CCCC(C(=O)CC2COCCN2)C1. The number of ether oxygens (including phenoxy) is 1. The van der Waals surface area contributed by atoms with Crippen molar-refractivity contribution in [2.45, 2.75) is 51.5 Å². The van der Waals surface area contributed by atoms with Crippen LogP contribution in [-0.4, -0.2) is 31.6 Å². The molecule has 0 radical (unpaired) electrons. The molecule has 1 saturated heterocycles. The van der Waals surface area contributed by atoms with E-state index in [4.69, 9.17) is 4.74 Å². The minimum absolute atomic E-state index is 0.262. The van der Waals surface area contributed by atoms with Gasteiger partial charge in [-0.25, -0.2) is 0 Å². The molecule has 1 saturated carbocycles. The fraction of sp³-hybridized carbons (Fsp3) is 0.929. The lowest BCUT2D eigenvalue weighted by atomic mass is 9.77. The topological polar surface area (TPSA) is 38.3 Å². The van der Waals surface area contributed by atoms with Crippen LogP contribution in [0.15, 0.2) is 0 Å². The molecule has 1 aliphatic carbocycles. The molecule has 2 rings (SSSR count). The molecule has 1 aliphatic heterocycles. The van der Waals surface area contributed by atoms with E-state index in [0.717, 1.165) is 31.9 Å². The van der Waals surface area contributed by atoms with Crippen molar-refractivity contribution < 1.29 is 9.53 Å². The number of nitrogens with one attached hydrogen (secondary N) is 1. The van der Waals surface area contributed by atoms with Gasteiger partial charge in [-0.1, -0.05) is 26.2 Å². The van der Waals surface area contributed by atoms with Crippen LogP contribution in [0.2, 0.25) is 0 Å². The number of morpholine rings is 1. The Labute approximate surface area is 104 Å². The van der Waals surface area contributed by atoms with Gasteiger partial charge in [-0.2, -0.15) is 0 Å². The molecule has 1 heterocycles. The van der Waals surface area contributed by atoms with Crippen LogP contribution in [0.1, 0.15) is 45.4 Å². The Kier molecular flexibility index (Phi) is 4.99. The standard InChI is InChI=1S/C14H25NO2/c1-2-11-4-3-5-12(8-11)14(16)9-13-10-17-7-6-15-13/h11-13,15H,2-10H2,1H3. The third-order valence-electron chi connectivity index (χ3n) is 4.26. The van der Waals surface area contributed by atoms with Crippen LogP contribution in [0.5, 0.6) is 0 Å². The van der Waals surface area contributed by atoms with Gasteiger partial charge in [-0.3, -0.25) is 4.79 Å². The first-order chi connectivity index (χ1) is 8.29. The molecule has 98 valence electrons. The van der Waals surface area contributed by atoms with Crippen molar-refractivity contribution in [3.63, 3.8) is 0 Å². The largest absolute Gasteiger partial charge is 0.379 e. The Balaban J connectivity index is 1.78. The average Bonchev–Trinajstić information content (AvgIpc) is 2.40. The van der Waals surface area contributed by atoms with Gasteiger partial charge >= 0.3 is 0 Å². The molecule has 17 heavy (non-hydrogen) atoms. The van der Waals surface area contributed by atoms with Gasteiger partial charge in [-0.15, -0.1) is 0 Å². The molecule has 0 spiro atoms. The van der Waals surface area contributed by atoms with Gasteiger partial charge in [0.2, 0.25) is 0 Å². The minimum Gasteiger partial charge on any atom is -0.379 e. The zero-order valence-corrected chi connectivity index (χ0v) is 10.9. The van der Waals surface area contributed by atoms with Crippen LogP contribution >= 0.6 is 0 Å². The molecule has 3 atom stereocenters. The summed E-state index contributed by atoms with van der Waals surface area (Å²) >= 11 is 0.